The van der Waals surface area contributed by atoms with E-state index in [0.29, 0.717) is 11.6 Å². The number of hydrogen-bond donors (Lipinski definition) is 1. The lowest BCUT2D eigenvalue weighted by Gasteiger charge is -2.12. The molecule has 1 aromatic carbocycles. The smallest absolute Gasteiger partial charge is 0.244 e. The number of halogens is 1. The molecular weight excluding hydrogens is 270 g/mol. The summed E-state index contributed by atoms with van der Waals surface area (Å²) in [5.41, 5.74) is 2.41. The van der Waals surface area contributed by atoms with Gasteiger partial charge < -0.3 is 5.32 Å². The Hall–Kier alpha value is -1.54. The van der Waals surface area contributed by atoms with Gasteiger partial charge in [0.1, 0.15) is 0 Å². The molecule has 1 aromatic rings. The first-order valence-corrected chi connectivity index (χ1v) is 7.51. The van der Waals surface area contributed by atoms with E-state index in [0.717, 1.165) is 12.0 Å². The first-order chi connectivity index (χ1) is 9.74. The van der Waals surface area contributed by atoms with Crippen LogP contribution in [-0.4, -0.2) is 12.5 Å². The molecule has 1 aliphatic rings. The number of allylic oxidation sites excluding steroid dienone is 1. The van der Waals surface area contributed by atoms with Gasteiger partial charge in [-0.3, -0.25) is 4.79 Å². The zero-order valence-corrected chi connectivity index (χ0v) is 12.3. The highest BCUT2D eigenvalue weighted by atomic mass is 35.5. The van der Waals surface area contributed by atoms with E-state index in [2.05, 4.69) is 11.4 Å². The molecule has 3 heteroatoms. The molecule has 2 rings (SSSR count). The number of rotatable bonds is 5. The predicted molar refractivity (Wildman–Crippen MR) is 84.7 cm³/mol. The van der Waals surface area contributed by atoms with Crippen molar-refractivity contribution in [3.8, 4) is 0 Å². The van der Waals surface area contributed by atoms with Crippen LogP contribution in [-0.2, 0) is 4.79 Å². The van der Waals surface area contributed by atoms with Crippen LogP contribution in [0.1, 0.15) is 37.7 Å². The number of benzene rings is 1. The topological polar surface area (TPSA) is 29.1 Å². The number of carbonyl (C=O) groups excluding carboxylic acids is 1. The predicted octanol–water partition coefficient (Wildman–Crippen LogP) is 4.36. The van der Waals surface area contributed by atoms with E-state index in [1.165, 1.54) is 31.3 Å². The zero-order valence-electron chi connectivity index (χ0n) is 11.6. The molecule has 0 saturated carbocycles. The first-order valence-electron chi connectivity index (χ1n) is 7.13. The molecule has 0 unspecified atom stereocenters. The van der Waals surface area contributed by atoms with Crippen molar-refractivity contribution in [1.29, 1.82) is 0 Å². The van der Waals surface area contributed by atoms with Gasteiger partial charge in [-0.25, -0.2) is 0 Å². The van der Waals surface area contributed by atoms with E-state index in [1.807, 2.05) is 24.3 Å². The molecule has 0 atom stereocenters. The molecule has 0 radical (unpaired) electrons. The third-order valence-corrected chi connectivity index (χ3v) is 3.64. The molecular formula is C17H20ClNO. The summed E-state index contributed by atoms with van der Waals surface area (Å²) in [5, 5.41) is 3.59. The maximum atomic E-state index is 11.7. The average molecular weight is 290 g/mol. The SMILES string of the molecule is O=C(C=Cc1cccc(Cl)c1)NCCC1=CCCCC1. The molecule has 106 valence electrons. The summed E-state index contributed by atoms with van der Waals surface area (Å²) in [6.45, 7) is 0.713. The second kappa shape index (κ2) is 7.91. The molecule has 0 fully saturated rings. The number of hydrogen-bond acceptors (Lipinski definition) is 1. The summed E-state index contributed by atoms with van der Waals surface area (Å²) in [5.74, 6) is -0.0543. The third-order valence-electron chi connectivity index (χ3n) is 3.41. The Morgan fingerprint density at radius 2 is 2.25 bits per heavy atom. The third kappa shape index (κ3) is 5.22. The average Bonchev–Trinajstić information content (AvgIpc) is 2.46. The highest BCUT2D eigenvalue weighted by molar-refractivity contribution is 6.30. The van der Waals surface area contributed by atoms with Crippen molar-refractivity contribution in [1.82, 2.24) is 5.32 Å². The Balaban J connectivity index is 1.73. The van der Waals surface area contributed by atoms with Gasteiger partial charge >= 0.3 is 0 Å². The van der Waals surface area contributed by atoms with Crippen LogP contribution >= 0.6 is 11.6 Å². The van der Waals surface area contributed by atoms with Crippen LogP contribution in [0.4, 0.5) is 0 Å². The van der Waals surface area contributed by atoms with Crippen molar-refractivity contribution in [3.63, 3.8) is 0 Å². The van der Waals surface area contributed by atoms with Gasteiger partial charge in [-0.1, -0.05) is 35.4 Å². The summed E-state index contributed by atoms with van der Waals surface area (Å²) in [4.78, 5) is 11.7. The molecule has 2 nitrogen and oxygen atoms in total. The second-order valence-electron chi connectivity index (χ2n) is 5.04. The van der Waals surface area contributed by atoms with Gasteiger partial charge in [0.25, 0.3) is 0 Å². The first kappa shape index (κ1) is 14.9. The molecule has 0 saturated heterocycles. The minimum absolute atomic E-state index is 0.0543. The fourth-order valence-electron chi connectivity index (χ4n) is 2.32. The van der Waals surface area contributed by atoms with Crippen LogP contribution in [0, 0.1) is 0 Å². The molecule has 0 aliphatic heterocycles. The normalized spacial score (nSPS) is 15.2. The Kier molecular flexibility index (Phi) is 5.87. The van der Waals surface area contributed by atoms with Crippen molar-refractivity contribution >= 4 is 23.6 Å². The fourth-order valence-corrected chi connectivity index (χ4v) is 2.52. The van der Waals surface area contributed by atoms with Gasteiger partial charge in [-0.15, -0.1) is 0 Å². The fraction of sp³-hybridized carbons (Fsp3) is 0.353. The minimum Gasteiger partial charge on any atom is -0.352 e. The zero-order chi connectivity index (χ0) is 14.2. The second-order valence-corrected chi connectivity index (χ2v) is 5.47. The van der Waals surface area contributed by atoms with Crippen molar-refractivity contribution in [2.24, 2.45) is 0 Å². The summed E-state index contributed by atoms with van der Waals surface area (Å²) < 4.78 is 0. The van der Waals surface area contributed by atoms with Crippen molar-refractivity contribution in [2.45, 2.75) is 32.1 Å². The van der Waals surface area contributed by atoms with E-state index in [9.17, 15) is 4.79 Å². The van der Waals surface area contributed by atoms with Crippen LogP contribution in [0.25, 0.3) is 6.08 Å². The van der Waals surface area contributed by atoms with Crippen LogP contribution in [0.3, 0.4) is 0 Å². The largest absolute Gasteiger partial charge is 0.352 e. The molecule has 1 amide bonds. The molecule has 0 bridgehead atoms. The van der Waals surface area contributed by atoms with Gasteiger partial charge in [-0.2, -0.15) is 0 Å². The van der Waals surface area contributed by atoms with E-state index in [-0.39, 0.29) is 5.91 Å². The molecule has 0 aromatic heterocycles. The Labute approximate surface area is 125 Å². The molecule has 0 heterocycles. The quantitative estimate of drug-likeness (QED) is 0.633. The summed E-state index contributed by atoms with van der Waals surface area (Å²) in [7, 11) is 0. The lowest BCUT2D eigenvalue weighted by molar-refractivity contribution is -0.116. The lowest BCUT2D eigenvalue weighted by Crippen LogP contribution is -2.22. The van der Waals surface area contributed by atoms with Crippen LogP contribution in [0.15, 0.2) is 42.0 Å². The van der Waals surface area contributed by atoms with Crippen LogP contribution in [0.5, 0.6) is 0 Å². The molecule has 0 spiro atoms. The Bertz CT molecular complexity index is 519. The van der Waals surface area contributed by atoms with Gasteiger partial charge in [0.15, 0.2) is 0 Å². The number of amides is 1. The lowest BCUT2D eigenvalue weighted by atomic mass is 9.97. The van der Waals surface area contributed by atoms with E-state index in [4.69, 9.17) is 11.6 Å². The maximum Gasteiger partial charge on any atom is 0.244 e. The maximum absolute atomic E-state index is 11.7. The van der Waals surface area contributed by atoms with Gasteiger partial charge in [0, 0.05) is 17.6 Å². The summed E-state index contributed by atoms with van der Waals surface area (Å²) >= 11 is 5.89. The van der Waals surface area contributed by atoms with E-state index >= 15 is 0 Å². The highest BCUT2D eigenvalue weighted by Gasteiger charge is 2.03. The number of carbonyl (C=O) groups is 1. The van der Waals surface area contributed by atoms with E-state index in [1.54, 1.807) is 12.2 Å². The standard InChI is InChI=1S/C17H20ClNO/c18-16-8-4-7-15(13-16)9-10-17(20)19-12-11-14-5-2-1-3-6-14/h4-5,7-10,13H,1-3,6,11-12H2,(H,19,20). The van der Waals surface area contributed by atoms with Crippen molar-refractivity contribution < 1.29 is 4.79 Å². The molecule has 1 aliphatic carbocycles. The monoisotopic (exact) mass is 289 g/mol. The van der Waals surface area contributed by atoms with Gasteiger partial charge in [-0.05, 0) is 55.9 Å². The van der Waals surface area contributed by atoms with Crippen molar-refractivity contribution in [2.75, 3.05) is 6.54 Å². The van der Waals surface area contributed by atoms with Crippen LogP contribution < -0.4 is 5.32 Å². The van der Waals surface area contributed by atoms with Crippen LogP contribution in [0.2, 0.25) is 5.02 Å². The van der Waals surface area contributed by atoms with Crippen molar-refractivity contribution in [3.05, 3.63) is 52.6 Å². The Morgan fingerprint density at radius 1 is 1.35 bits per heavy atom. The minimum atomic E-state index is -0.0543. The van der Waals surface area contributed by atoms with Gasteiger partial charge in [0.2, 0.25) is 5.91 Å². The van der Waals surface area contributed by atoms with Gasteiger partial charge in [0.05, 0.1) is 0 Å². The Morgan fingerprint density at radius 3 is 3.00 bits per heavy atom. The summed E-state index contributed by atoms with van der Waals surface area (Å²) in [6, 6.07) is 7.44. The molecule has 1 N–H and O–H groups in total. The summed E-state index contributed by atoms with van der Waals surface area (Å²) in [6.07, 6.45) is 11.6. The number of nitrogens with one attached hydrogen (secondary N) is 1. The molecule has 20 heavy (non-hydrogen) atoms. The highest BCUT2D eigenvalue weighted by Crippen LogP contribution is 2.19. The van der Waals surface area contributed by atoms with E-state index < -0.39 is 0 Å².